The van der Waals surface area contributed by atoms with Crippen molar-refractivity contribution < 1.29 is 4.52 Å². The molecule has 1 aliphatic carbocycles. The second-order valence-corrected chi connectivity index (χ2v) is 4.78. The number of aromatic nitrogens is 2. The molecule has 0 unspecified atom stereocenters. The third-order valence-corrected chi connectivity index (χ3v) is 2.81. The molecule has 2 N–H and O–H groups in total. The Hall–Kier alpha value is -0.900. The average molecular weight is 195 g/mol. The van der Waals surface area contributed by atoms with Crippen LogP contribution in [0.25, 0.3) is 0 Å². The predicted octanol–water partition coefficient (Wildman–Crippen LogP) is 1.78. The predicted molar refractivity (Wildman–Crippen MR) is 52.7 cm³/mol. The molecule has 4 nitrogen and oxygen atoms in total. The molecule has 0 radical (unpaired) electrons. The summed E-state index contributed by atoms with van der Waals surface area (Å²) in [4.78, 5) is 4.34. The highest BCUT2D eigenvalue weighted by Crippen LogP contribution is 2.41. The average Bonchev–Trinajstić information content (AvgIpc) is 2.49. The van der Waals surface area contributed by atoms with Crippen LogP contribution in [0.15, 0.2) is 4.52 Å². The summed E-state index contributed by atoms with van der Waals surface area (Å²) in [5.41, 5.74) is 5.82. The lowest BCUT2D eigenvalue weighted by atomic mass is 9.69. The number of nitrogens with two attached hydrogens (primary N) is 1. The van der Waals surface area contributed by atoms with Gasteiger partial charge in [0.25, 0.3) is 0 Å². The molecule has 1 saturated carbocycles. The third kappa shape index (κ3) is 1.43. The van der Waals surface area contributed by atoms with Gasteiger partial charge in [0.2, 0.25) is 5.89 Å². The van der Waals surface area contributed by atoms with Gasteiger partial charge in [0.1, 0.15) is 0 Å². The summed E-state index contributed by atoms with van der Waals surface area (Å²) in [6, 6.07) is 0. The van der Waals surface area contributed by atoms with Crippen molar-refractivity contribution in [3.8, 4) is 0 Å². The van der Waals surface area contributed by atoms with Gasteiger partial charge < -0.3 is 10.3 Å². The molecule has 4 heteroatoms. The highest BCUT2D eigenvalue weighted by molar-refractivity contribution is 5.11. The van der Waals surface area contributed by atoms with E-state index in [9.17, 15) is 0 Å². The molecule has 1 fully saturated rings. The van der Waals surface area contributed by atoms with Crippen LogP contribution < -0.4 is 5.73 Å². The van der Waals surface area contributed by atoms with Crippen molar-refractivity contribution in [1.29, 1.82) is 0 Å². The van der Waals surface area contributed by atoms with Crippen LogP contribution in [-0.4, -0.2) is 10.1 Å². The summed E-state index contributed by atoms with van der Waals surface area (Å²) >= 11 is 0. The smallest absolute Gasteiger partial charge is 0.229 e. The van der Waals surface area contributed by atoms with Crippen LogP contribution in [-0.2, 0) is 5.54 Å². The van der Waals surface area contributed by atoms with Crippen LogP contribution in [0.3, 0.4) is 0 Å². The van der Waals surface area contributed by atoms with Gasteiger partial charge in [-0.1, -0.05) is 25.9 Å². The molecule has 2 rings (SSSR count). The van der Waals surface area contributed by atoms with E-state index >= 15 is 0 Å². The Balaban J connectivity index is 2.17. The minimum Gasteiger partial charge on any atom is -0.339 e. The number of nitrogens with zero attached hydrogens (tertiary/aromatic N) is 2. The maximum atomic E-state index is 6.14. The molecule has 0 saturated heterocycles. The fourth-order valence-electron chi connectivity index (χ4n) is 2.04. The van der Waals surface area contributed by atoms with Crippen LogP contribution >= 0.6 is 0 Å². The first-order valence-corrected chi connectivity index (χ1v) is 5.14. The van der Waals surface area contributed by atoms with Crippen LogP contribution in [0, 0.1) is 5.92 Å². The lowest BCUT2D eigenvalue weighted by Gasteiger charge is -2.40. The zero-order chi connectivity index (χ0) is 10.3. The van der Waals surface area contributed by atoms with Gasteiger partial charge in [0.05, 0.1) is 5.54 Å². The quantitative estimate of drug-likeness (QED) is 0.781. The van der Waals surface area contributed by atoms with Gasteiger partial charge in [-0.2, -0.15) is 4.98 Å². The number of rotatable bonds is 2. The van der Waals surface area contributed by atoms with Crippen molar-refractivity contribution >= 4 is 0 Å². The summed E-state index contributed by atoms with van der Waals surface area (Å²) in [5.74, 6) is 2.32. The molecule has 1 heterocycles. The molecule has 0 atom stereocenters. The lowest BCUT2D eigenvalue weighted by Crippen LogP contribution is -2.48. The molecule has 14 heavy (non-hydrogen) atoms. The first kappa shape index (κ1) is 9.65. The Bertz CT molecular complexity index is 326. The van der Waals surface area contributed by atoms with E-state index in [-0.39, 0.29) is 11.5 Å². The number of hydrogen-bond acceptors (Lipinski definition) is 4. The van der Waals surface area contributed by atoms with Gasteiger partial charge in [0.15, 0.2) is 5.82 Å². The van der Waals surface area contributed by atoms with Crippen LogP contribution in [0.4, 0.5) is 0 Å². The zero-order valence-corrected chi connectivity index (χ0v) is 8.95. The zero-order valence-electron chi connectivity index (χ0n) is 8.95. The van der Waals surface area contributed by atoms with Crippen molar-refractivity contribution in [2.75, 3.05) is 0 Å². The molecular formula is C10H17N3O. The normalized spacial score (nSPS) is 31.9. The summed E-state index contributed by atoms with van der Waals surface area (Å²) < 4.78 is 5.14. The van der Waals surface area contributed by atoms with E-state index in [0.717, 1.165) is 12.8 Å². The lowest BCUT2D eigenvalue weighted by molar-refractivity contribution is 0.149. The van der Waals surface area contributed by atoms with E-state index in [4.69, 9.17) is 10.3 Å². The maximum Gasteiger partial charge on any atom is 0.229 e. The highest BCUT2D eigenvalue weighted by Gasteiger charge is 2.43. The SMILES string of the molecule is CC1CC(N)(c2noc(C(C)C)n2)C1. The van der Waals surface area contributed by atoms with Gasteiger partial charge >= 0.3 is 0 Å². The van der Waals surface area contributed by atoms with E-state index in [1.54, 1.807) is 0 Å². The van der Waals surface area contributed by atoms with Crippen LogP contribution in [0.5, 0.6) is 0 Å². The van der Waals surface area contributed by atoms with E-state index in [1.807, 2.05) is 13.8 Å². The van der Waals surface area contributed by atoms with Gasteiger partial charge in [-0.05, 0) is 18.8 Å². The Morgan fingerprint density at radius 3 is 2.57 bits per heavy atom. The molecule has 1 aliphatic rings. The summed E-state index contributed by atoms with van der Waals surface area (Å²) in [7, 11) is 0. The molecule has 0 amide bonds. The highest BCUT2D eigenvalue weighted by atomic mass is 16.5. The van der Waals surface area contributed by atoms with E-state index in [2.05, 4.69) is 17.1 Å². The first-order chi connectivity index (χ1) is 6.51. The number of hydrogen-bond donors (Lipinski definition) is 1. The van der Waals surface area contributed by atoms with Crippen molar-refractivity contribution in [3.63, 3.8) is 0 Å². The van der Waals surface area contributed by atoms with Crippen molar-refractivity contribution in [2.45, 2.75) is 45.1 Å². The largest absolute Gasteiger partial charge is 0.339 e. The third-order valence-electron chi connectivity index (χ3n) is 2.81. The van der Waals surface area contributed by atoms with Crippen LogP contribution in [0.1, 0.15) is 51.2 Å². The second-order valence-electron chi connectivity index (χ2n) is 4.78. The van der Waals surface area contributed by atoms with Gasteiger partial charge in [-0.25, -0.2) is 0 Å². The van der Waals surface area contributed by atoms with Gasteiger partial charge in [-0.15, -0.1) is 0 Å². The molecule has 78 valence electrons. The van der Waals surface area contributed by atoms with Crippen molar-refractivity contribution in [3.05, 3.63) is 11.7 Å². The standard InChI is InChI=1S/C10H17N3O/c1-6(2)8-12-9(13-14-8)10(11)4-7(3)5-10/h6-7H,4-5,11H2,1-3H3. The van der Waals surface area contributed by atoms with Crippen molar-refractivity contribution in [2.24, 2.45) is 11.7 Å². The molecule has 0 aliphatic heterocycles. The summed E-state index contributed by atoms with van der Waals surface area (Å²) in [5, 5.41) is 3.95. The molecule has 0 bridgehead atoms. The monoisotopic (exact) mass is 195 g/mol. The molecular weight excluding hydrogens is 178 g/mol. The van der Waals surface area contributed by atoms with E-state index in [0.29, 0.717) is 17.6 Å². The van der Waals surface area contributed by atoms with Gasteiger partial charge in [0, 0.05) is 5.92 Å². The summed E-state index contributed by atoms with van der Waals surface area (Å²) in [6.45, 7) is 6.25. The Morgan fingerprint density at radius 2 is 2.14 bits per heavy atom. The molecule has 0 spiro atoms. The fourth-order valence-corrected chi connectivity index (χ4v) is 2.04. The minimum absolute atomic E-state index is 0.275. The Labute approximate surface area is 83.9 Å². The minimum atomic E-state index is -0.323. The molecule has 0 aromatic carbocycles. The van der Waals surface area contributed by atoms with Crippen LogP contribution in [0.2, 0.25) is 0 Å². The first-order valence-electron chi connectivity index (χ1n) is 5.14. The second kappa shape index (κ2) is 3.05. The Morgan fingerprint density at radius 1 is 1.50 bits per heavy atom. The molecule has 1 aromatic heterocycles. The summed E-state index contributed by atoms with van der Waals surface area (Å²) in [6.07, 6.45) is 1.92. The van der Waals surface area contributed by atoms with E-state index in [1.165, 1.54) is 0 Å². The van der Waals surface area contributed by atoms with Crippen molar-refractivity contribution in [1.82, 2.24) is 10.1 Å². The maximum absolute atomic E-state index is 6.14. The molecule has 1 aromatic rings. The topological polar surface area (TPSA) is 64.9 Å². The fraction of sp³-hybridized carbons (Fsp3) is 0.800. The van der Waals surface area contributed by atoms with E-state index < -0.39 is 0 Å². The Kier molecular flexibility index (Phi) is 2.10. The van der Waals surface area contributed by atoms with Gasteiger partial charge in [-0.3, -0.25) is 0 Å².